The molecule has 31 heavy (non-hydrogen) atoms. The molecule has 6 heteroatoms. The molecule has 1 amide bonds. The van der Waals surface area contributed by atoms with E-state index in [2.05, 4.69) is 15.3 Å². The Morgan fingerprint density at radius 1 is 1.13 bits per heavy atom. The van der Waals surface area contributed by atoms with Gasteiger partial charge in [-0.2, -0.15) is 5.10 Å². The van der Waals surface area contributed by atoms with E-state index >= 15 is 0 Å². The molecule has 0 aliphatic rings. The van der Waals surface area contributed by atoms with Gasteiger partial charge in [0.2, 0.25) is 5.91 Å². The molecule has 0 radical (unpaired) electrons. The van der Waals surface area contributed by atoms with Gasteiger partial charge in [-0.25, -0.2) is 4.68 Å². The number of carbonyl (C=O) groups is 1. The lowest BCUT2D eigenvalue weighted by molar-refractivity contribution is -0.116. The lowest BCUT2D eigenvalue weighted by Gasteiger charge is -2.26. The Morgan fingerprint density at radius 3 is 2.48 bits per heavy atom. The number of nitrogens with one attached hydrogen (secondary N) is 1. The van der Waals surface area contributed by atoms with Gasteiger partial charge in [0, 0.05) is 29.4 Å². The number of amides is 1. The summed E-state index contributed by atoms with van der Waals surface area (Å²) < 4.78 is 7.39. The van der Waals surface area contributed by atoms with Crippen LogP contribution in [0.2, 0.25) is 0 Å². The summed E-state index contributed by atoms with van der Waals surface area (Å²) in [5.41, 5.74) is 4.86. The Kier molecular flexibility index (Phi) is 7.26. The highest BCUT2D eigenvalue weighted by atomic mass is 16.5. The molecule has 1 N–H and O–H groups in total. The molecule has 6 nitrogen and oxygen atoms in total. The van der Waals surface area contributed by atoms with Crippen LogP contribution < -0.4 is 10.1 Å². The Hall–Kier alpha value is -3.38. The maximum absolute atomic E-state index is 12.6. The zero-order valence-corrected chi connectivity index (χ0v) is 18.8. The molecule has 0 saturated heterocycles. The van der Waals surface area contributed by atoms with Crippen molar-refractivity contribution in [3.8, 4) is 11.4 Å². The second-order valence-corrected chi connectivity index (χ2v) is 7.63. The van der Waals surface area contributed by atoms with E-state index < -0.39 is 0 Å². The van der Waals surface area contributed by atoms with E-state index in [1.165, 1.54) is 0 Å². The van der Waals surface area contributed by atoms with Gasteiger partial charge in [0.15, 0.2) is 0 Å². The predicted molar refractivity (Wildman–Crippen MR) is 125 cm³/mol. The monoisotopic (exact) mass is 418 g/mol. The number of hydrogen-bond acceptors (Lipinski definition) is 4. The van der Waals surface area contributed by atoms with Crippen LogP contribution in [0.15, 0.2) is 60.7 Å². The Balaban J connectivity index is 1.71. The van der Waals surface area contributed by atoms with Crippen molar-refractivity contribution in [2.24, 2.45) is 0 Å². The Bertz CT molecular complexity index is 1050. The third-order valence-corrected chi connectivity index (χ3v) is 5.34. The molecular formula is C25H30N4O2. The number of rotatable bonds is 8. The fraction of sp³-hybridized carbons (Fsp3) is 0.280. The summed E-state index contributed by atoms with van der Waals surface area (Å²) in [7, 11) is 5.64. The van der Waals surface area contributed by atoms with Gasteiger partial charge < -0.3 is 15.0 Å². The highest BCUT2D eigenvalue weighted by molar-refractivity contribution is 5.92. The van der Waals surface area contributed by atoms with Gasteiger partial charge in [0.1, 0.15) is 5.75 Å². The number of hydrogen-bond donors (Lipinski definition) is 1. The summed E-state index contributed by atoms with van der Waals surface area (Å²) in [6.07, 6.45) is 3.40. The van der Waals surface area contributed by atoms with Crippen LogP contribution in [0.3, 0.4) is 0 Å². The summed E-state index contributed by atoms with van der Waals surface area (Å²) >= 11 is 0. The van der Waals surface area contributed by atoms with Crippen molar-refractivity contribution in [3.63, 3.8) is 0 Å². The van der Waals surface area contributed by atoms with Gasteiger partial charge in [0.25, 0.3) is 0 Å². The molecule has 0 bridgehead atoms. The highest BCUT2D eigenvalue weighted by Crippen LogP contribution is 2.27. The quantitative estimate of drug-likeness (QED) is 0.563. The van der Waals surface area contributed by atoms with Crippen LogP contribution in [0, 0.1) is 13.8 Å². The van der Waals surface area contributed by atoms with E-state index in [0.29, 0.717) is 6.54 Å². The van der Waals surface area contributed by atoms with Gasteiger partial charge in [0.05, 0.1) is 24.5 Å². The Labute approximate surface area is 184 Å². The van der Waals surface area contributed by atoms with Crippen LogP contribution in [0.25, 0.3) is 11.8 Å². The molecule has 1 aromatic heterocycles. The van der Waals surface area contributed by atoms with Crippen molar-refractivity contribution in [1.82, 2.24) is 20.0 Å². The normalized spacial score (nSPS) is 12.3. The van der Waals surface area contributed by atoms with E-state index in [4.69, 9.17) is 4.74 Å². The van der Waals surface area contributed by atoms with Crippen LogP contribution in [0.5, 0.6) is 5.75 Å². The summed E-state index contributed by atoms with van der Waals surface area (Å²) in [6, 6.07) is 17.8. The lowest BCUT2D eigenvalue weighted by Crippen LogP contribution is -2.34. The molecule has 0 saturated carbocycles. The van der Waals surface area contributed by atoms with Gasteiger partial charge in [-0.1, -0.05) is 36.4 Å². The van der Waals surface area contributed by atoms with Gasteiger partial charge in [-0.3, -0.25) is 4.79 Å². The Morgan fingerprint density at radius 2 is 1.81 bits per heavy atom. The molecule has 0 aliphatic heterocycles. The molecule has 0 spiro atoms. The zero-order chi connectivity index (χ0) is 22.4. The molecule has 1 unspecified atom stereocenters. The maximum atomic E-state index is 12.6. The number of ether oxygens (including phenoxy) is 1. The van der Waals surface area contributed by atoms with E-state index in [9.17, 15) is 4.79 Å². The van der Waals surface area contributed by atoms with E-state index in [-0.39, 0.29) is 11.9 Å². The van der Waals surface area contributed by atoms with E-state index in [0.717, 1.165) is 34.0 Å². The first-order chi connectivity index (χ1) is 14.9. The average Bonchev–Trinajstić information content (AvgIpc) is 3.06. The molecular weight excluding hydrogens is 388 g/mol. The van der Waals surface area contributed by atoms with Gasteiger partial charge in [-0.15, -0.1) is 0 Å². The maximum Gasteiger partial charge on any atom is 0.244 e. The molecule has 162 valence electrons. The first-order valence-electron chi connectivity index (χ1n) is 10.3. The summed E-state index contributed by atoms with van der Waals surface area (Å²) in [5, 5.41) is 7.64. The number of aromatic nitrogens is 2. The van der Waals surface area contributed by atoms with Crippen molar-refractivity contribution in [3.05, 3.63) is 83.2 Å². The third kappa shape index (κ3) is 5.22. The fourth-order valence-electron chi connectivity index (χ4n) is 3.64. The molecule has 3 rings (SSSR count). The number of benzene rings is 2. The molecule has 0 fully saturated rings. The largest absolute Gasteiger partial charge is 0.496 e. The van der Waals surface area contributed by atoms with Crippen LogP contribution in [0.1, 0.15) is 28.6 Å². The first-order valence-corrected chi connectivity index (χ1v) is 10.3. The molecule has 3 aromatic rings. The van der Waals surface area contributed by atoms with Crippen LogP contribution in [-0.4, -0.2) is 48.3 Å². The summed E-state index contributed by atoms with van der Waals surface area (Å²) in [5.74, 6) is 0.665. The third-order valence-electron chi connectivity index (χ3n) is 5.34. The smallest absolute Gasteiger partial charge is 0.244 e. The summed E-state index contributed by atoms with van der Waals surface area (Å²) in [4.78, 5) is 14.6. The first kappa shape index (κ1) is 22.3. The second kappa shape index (κ2) is 10.1. The SMILES string of the molecule is COc1ccccc1C(CNC(=O)/C=C/c1c(C)nn(-c2ccccc2)c1C)N(C)C. The number of aryl methyl sites for hydroxylation is 1. The lowest BCUT2D eigenvalue weighted by atomic mass is 10.0. The molecule has 0 aliphatic carbocycles. The van der Waals surface area contributed by atoms with Crippen LogP contribution in [-0.2, 0) is 4.79 Å². The van der Waals surface area contributed by atoms with Crippen molar-refractivity contribution >= 4 is 12.0 Å². The number of methoxy groups -OCH3 is 1. The minimum atomic E-state index is -0.145. The number of para-hydroxylation sites is 2. The topological polar surface area (TPSA) is 59.4 Å². The molecule has 1 atom stereocenters. The predicted octanol–water partition coefficient (Wildman–Crippen LogP) is 3.93. The van der Waals surface area contributed by atoms with Crippen LogP contribution >= 0.6 is 0 Å². The second-order valence-electron chi connectivity index (χ2n) is 7.63. The minimum Gasteiger partial charge on any atom is -0.496 e. The van der Waals surface area contributed by atoms with Gasteiger partial charge in [-0.05, 0) is 52.2 Å². The molecule has 1 heterocycles. The van der Waals surface area contributed by atoms with Gasteiger partial charge >= 0.3 is 0 Å². The van der Waals surface area contributed by atoms with Crippen molar-refractivity contribution < 1.29 is 9.53 Å². The van der Waals surface area contributed by atoms with Crippen LogP contribution in [0.4, 0.5) is 0 Å². The average molecular weight is 419 g/mol. The fourth-order valence-corrected chi connectivity index (χ4v) is 3.64. The number of likely N-dealkylation sites (N-methyl/N-ethyl adjacent to an activating group) is 1. The standard InChI is InChI=1S/C25H30N4O2/c1-18-21(19(2)29(27-18)20-11-7-6-8-12-20)15-16-25(30)26-17-23(28(3)4)22-13-9-10-14-24(22)31-5/h6-16,23H,17H2,1-5H3,(H,26,30)/b16-15+. The molecule has 2 aromatic carbocycles. The van der Waals surface area contributed by atoms with Crippen molar-refractivity contribution in [2.45, 2.75) is 19.9 Å². The van der Waals surface area contributed by atoms with E-state index in [1.807, 2.05) is 93.3 Å². The number of nitrogens with zero attached hydrogens (tertiary/aromatic N) is 3. The zero-order valence-electron chi connectivity index (χ0n) is 18.8. The van der Waals surface area contributed by atoms with Crippen molar-refractivity contribution in [1.29, 1.82) is 0 Å². The van der Waals surface area contributed by atoms with Crippen molar-refractivity contribution in [2.75, 3.05) is 27.7 Å². The van der Waals surface area contributed by atoms with E-state index in [1.54, 1.807) is 13.2 Å². The number of carbonyl (C=O) groups excluding carboxylic acids is 1. The summed E-state index contributed by atoms with van der Waals surface area (Å²) in [6.45, 7) is 4.43. The minimum absolute atomic E-state index is 0.00203. The highest BCUT2D eigenvalue weighted by Gasteiger charge is 2.18.